The number of nitrogens with one attached hydrogen (secondary N) is 2. The van der Waals surface area contributed by atoms with Crippen LogP contribution in [0.1, 0.15) is 27.2 Å². The topological polar surface area (TPSA) is 41.1 Å². The standard InChI is InChI=1S/C15H20F2N2OS.ClH/c1-14(2,3)21-11-6-4-10(5-7-11)19-13(20)12-8-15(16,17)9-18-12;/h4-7,12,18H,8-9H2,1-3H3,(H,19,20);1H. The summed E-state index contributed by atoms with van der Waals surface area (Å²) in [5, 5.41) is 5.21. The van der Waals surface area contributed by atoms with Crippen molar-refractivity contribution >= 4 is 35.8 Å². The molecule has 1 amide bonds. The predicted octanol–water partition coefficient (Wildman–Crippen LogP) is 3.93. The quantitative estimate of drug-likeness (QED) is 0.811. The Balaban J connectivity index is 0.00000242. The third kappa shape index (κ3) is 5.74. The summed E-state index contributed by atoms with van der Waals surface area (Å²) in [7, 11) is 0. The molecule has 7 heteroatoms. The summed E-state index contributed by atoms with van der Waals surface area (Å²) in [4.78, 5) is 13.0. The van der Waals surface area contributed by atoms with Crippen LogP contribution in [0.3, 0.4) is 0 Å². The minimum atomic E-state index is -2.80. The summed E-state index contributed by atoms with van der Waals surface area (Å²) in [6, 6.07) is 6.59. The molecule has 0 spiro atoms. The highest BCUT2D eigenvalue weighted by molar-refractivity contribution is 8.00. The van der Waals surface area contributed by atoms with Crippen molar-refractivity contribution in [2.45, 2.75) is 48.8 Å². The predicted molar refractivity (Wildman–Crippen MR) is 89.3 cm³/mol. The molecule has 1 aromatic rings. The van der Waals surface area contributed by atoms with Crippen LogP contribution in [0.2, 0.25) is 0 Å². The molecule has 124 valence electrons. The molecule has 2 N–H and O–H groups in total. The first-order chi connectivity index (χ1) is 9.65. The fourth-order valence-electron chi connectivity index (χ4n) is 2.09. The van der Waals surface area contributed by atoms with E-state index in [4.69, 9.17) is 0 Å². The van der Waals surface area contributed by atoms with Crippen molar-refractivity contribution in [3.05, 3.63) is 24.3 Å². The van der Waals surface area contributed by atoms with Gasteiger partial charge in [0.1, 0.15) is 0 Å². The molecule has 22 heavy (non-hydrogen) atoms. The second-order valence-corrected chi connectivity index (χ2v) is 8.12. The fourth-order valence-corrected chi connectivity index (χ4v) is 3.07. The second kappa shape index (κ2) is 7.15. The highest BCUT2D eigenvalue weighted by Crippen LogP contribution is 2.32. The van der Waals surface area contributed by atoms with Crippen molar-refractivity contribution in [2.24, 2.45) is 0 Å². The molecule has 1 aliphatic heterocycles. The number of benzene rings is 1. The van der Waals surface area contributed by atoms with Gasteiger partial charge in [-0.2, -0.15) is 0 Å². The first-order valence-corrected chi connectivity index (χ1v) is 7.67. The third-order valence-electron chi connectivity index (χ3n) is 2.97. The lowest BCUT2D eigenvalue weighted by Crippen LogP contribution is -2.35. The van der Waals surface area contributed by atoms with Crippen LogP contribution in [-0.4, -0.2) is 29.2 Å². The third-order valence-corrected chi connectivity index (χ3v) is 4.09. The van der Waals surface area contributed by atoms with E-state index in [0.29, 0.717) is 5.69 Å². The monoisotopic (exact) mass is 350 g/mol. The molecular weight excluding hydrogens is 330 g/mol. The highest BCUT2D eigenvalue weighted by Gasteiger charge is 2.42. The molecule has 1 unspecified atom stereocenters. The molecule has 1 aliphatic rings. The molecule has 1 atom stereocenters. The number of rotatable bonds is 3. The Labute approximate surface area is 140 Å². The molecule has 0 saturated carbocycles. The minimum absolute atomic E-state index is 0. The zero-order chi connectivity index (χ0) is 15.7. The maximum absolute atomic E-state index is 13.1. The van der Waals surface area contributed by atoms with Gasteiger partial charge in [0.25, 0.3) is 5.92 Å². The molecule has 1 saturated heterocycles. The van der Waals surface area contributed by atoms with Crippen LogP contribution in [0.15, 0.2) is 29.2 Å². The molecule has 3 nitrogen and oxygen atoms in total. The van der Waals surface area contributed by atoms with Gasteiger partial charge in [-0.1, -0.05) is 20.8 Å². The number of hydrogen-bond donors (Lipinski definition) is 2. The summed E-state index contributed by atoms with van der Waals surface area (Å²) >= 11 is 1.73. The van der Waals surface area contributed by atoms with E-state index in [2.05, 4.69) is 31.4 Å². The van der Waals surface area contributed by atoms with E-state index in [0.717, 1.165) is 4.90 Å². The van der Waals surface area contributed by atoms with E-state index < -0.39 is 30.8 Å². The Morgan fingerprint density at radius 3 is 2.36 bits per heavy atom. The van der Waals surface area contributed by atoms with Crippen molar-refractivity contribution in [2.75, 3.05) is 11.9 Å². The van der Waals surface area contributed by atoms with Crippen LogP contribution >= 0.6 is 24.2 Å². The van der Waals surface area contributed by atoms with E-state index in [9.17, 15) is 13.6 Å². The van der Waals surface area contributed by atoms with E-state index in [1.807, 2.05) is 12.1 Å². The van der Waals surface area contributed by atoms with Crippen LogP contribution in [0.5, 0.6) is 0 Å². The normalized spacial score (nSPS) is 20.3. The summed E-state index contributed by atoms with van der Waals surface area (Å²) in [5.41, 5.74) is 0.621. The van der Waals surface area contributed by atoms with Gasteiger partial charge in [0, 0.05) is 21.8 Å². The minimum Gasteiger partial charge on any atom is -0.325 e. The number of anilines is 1. The molecule has 2 rings (SSSR count). The lowest BCUT2D eigenvalue weighted by Gasteiger charge is -2.17. The first kappa shape index (κ1) is 19.2. The maximum atomic E-state index is 13.1. The number of alkyl halides is 2. The van der Waals surface area contributed by atoms with Crippen LogP contribution in [-0.2, 0) is 4.79 Å². The summed E-state index contributed by atoms with van der Waals surface area (Å²) in [6.07, 6.45) is -0.448. The van der Waals surface area contributed by atoms with Gasteiger partial charge in [0.15, 0.2) is 0 Å². The van der Waals surface area contributed by atoms with Gasteiger partial charge < -0.3 is 5.32 Å². The number of hydrogen-bond acceptors (Lipinski definition) is 3. The average Bonchev–Trinajstić information content (AvgIpc) is 2.70. The number of amides is 1. The first-order valence-electron chi connectivity index (χ1n) is 6.86. The molecule has 0 aliphatic carbocycles. The van der Waals surface area contributed by atoms with Crippen molar-refractivity contribution in [1.82, 2.24) is 5.32 Å². The van der Waals surface area contributed by atoms with Gasteiger partial charge in [-0.05, 0) is 24.3 Å². The summed E-state index contributed by atoms with van der Waals surface area (Å²) < 4.78 is 26.2. The molecular formula is C15H21ClF2N2OS. The van der Waals surface area contributed by atoms with Crippen LogP contribution in [0.25, 0.3) is 0 Å². The highest BCUT2D eigenvalue weighted by atomic mass is 35.5. The number of halogens is 3. The lowest BCUT2D eigenvalue weighted by molar-refractivity contribution is -0.118. The zero-order valence-electron chi connectivity index (χ0n) is 12.8. The van der Waals surface area contributed by atoms with E-state index in [1.54, 1.807) is 23.9 Å². The van der Waals surface area contributed by atoms with Crippen LogP contribution in [0.4, 0.5) is 14.5 Å². The van der Waals surface area contributed by atoms with Crippen molar-refractivity contribution in [3.8, 4) is 0 Å². The Morgan fingerprint density at radius 2 is 1.91 bits per heavy atom. The van der Waals surface area contributed by atoms with Crippen molar-refractivity contribution in [1.29, 1.82) is 0 Å². The maximum Gasteiger partial charge on any atom is 0.262 e. The van der Waals surface area contributed by atoms with Crippen molar-refractivity contribution in [3.63, 3.8) is 0 Å². The van der Waals surface area contributed by atoms with E-state index in [-0.39, 0.29) is 17.2 Å². The van der Waals surface area contributed by atoms with Gasteiger partial charge >= 0.3 is 0 Å². The SMILES string of the molecule is CC(C)(C)Sc1ccc(NC(=O)C2CC(F)(F)CN2)cc1.Cl. The smallest absolute Gasteiger partial charge is 0.262 e. The zero-order valence-corrected chi connectivity index (χ0v) is 14.4. The molecule has 0 aromatic heterocycles. The largest absolute Gasteiger partial charge is 0.325 e. The van der Waals surface area contributed by atoms with Crippen LogP contribution in [0, 0.1) is 0 Å². The number of thioether (sulfide) groups is 1. The molecule has 0 radical (unpaired) electrons. The Bertz CT molecular complexity index is 517. The average molecular weight is 351 g/mol. The lowest BCUT2D eigenvalue weighted by atomic mass is 10.2. The Kier molecular flexibility index (Phi) is 6.24. The fraction of sp³-hybridized carbons (Fsp3) is 0.533. The molecule has 1 aromatic carbocycles. The summed E-state index contributed by atoms with van der Waals surface area (Å²) in [6.45, 7) is 5.93. The molecule has 1 heterocycles. The van der Waals surface area contributed by atoms with Crippen molar-refractivity contribution < 1.29 is 13.6 Å². The van der Waals surface area contributed by atoms with E-state index >= 15 is 0 Å². The Morgan fingerprint density at radius 1 is 1.32 bits per heavy atom. The Hall–Kier alpha value is -0.850. The summed E-state index contributed by atoms with van der Waals surface area (Å²) in [5.74, 6) is -3.21. The second-order valence-electron chi connectivity index (χ2n) is 6.22. The number of carbonyl (C=O) groups is 1. The van der Waals surface area contributed by atoms with Gasteiger partial charge in [0.2, 0.25) is 5.91 Å². The molecule has 1 fully saturated rings. The van der Waals surface area contributed by atoms with Gasteiger partial charge in [0.05, 0.1) is 12.6 Å². The van der Waals surface area contributed by atoms with Gasteiger partial charge in [-0.15, -0.1) is 24.2 Å². The van der Waals surface area contributed by atoms with E-state index in [1.165, 1.54) is 0 Å². The number of carbonyl (C=O) groups excluding carboxylic acids is 1. The van der Waals surface area contributed by atoms with Crippen LogP contribution < -0.4 is 10.6 Å². The molecule has 0 bridgehead atoms. The van der Waals surface area contributed by atoms with Gasteiger partial charge in [-0.3, -0.25) is 10.1 Å². The van der Waals surface area contributed by atoms with Gasteiger partial charge in [-0.25, -0.2) is 8.78 Å².